The number of halogens is 1. The zero-order chi connectivity index (χ0) is 12.3. The number of hydrogen-bond acceptors (Lipinski definition) is 5. The third kappa shape index (κ3) is 3.17. The minimum atomic E-state index is 0.297. The van der Waals surface area contributed by atoms with E-state index in [4.69, 9.17) is 5.73 Å². The molecule has 90 valence electrons. The molecule has 0 saturated carbocycles. The summed E-state index contributed by atoms with van der Waals surface area (Å²) in [7, 11) is 2.00. The Morgan fingerprint density at radius 1 is 1.53 bits per heavy atom. The molecule has 2 aromatic rings. The Bertz CT molecular complexity index is 486. The molecular weight excluding hydrogens is 300 g/mol. The van der Waals surface area contributed by atoms with Crippen molar-refractivity contribution >= 4 is 39.0 Å². The highest BCUT2D eigenvalue weighted by Gasteiger charge is 2.09. The minimum absolute atomic E-state index is 0.297. The Morgan fingerprint density at radius 2 is 2.35 bits per heavy atom. The van der Waals surface area contributed by atoms with Gasteiger partial charge in [-0.25, -0.2) is 4.98 Å². The lowest BCUT2D eigenvalue weighted by Gasteiger charge is -2.18. The summed E-state index contributed by atoms with van der Waals surface area (Å²) in [6.45, 7) is 0.898. The number of likely N-dealkylation sites (N-methyl/N-ethyl adjacent to an activating group) is 1. The van der Waals surface area contributed by atoms with E-state index in [9.17, 15) is 0 Å². The van der Waals surface area contributed by atoms with Crippen LogP contribution in [-0.4, -0.2) is 23.6 Å². The molecule has 0 aliphatic rings. The first-order valence-electron chi connectivity index (χ1n) is 5.18. The molecule has 0 fully saturated rings. The number of anilines is 2. The summed E-state index contributed by atoms with van der Waals surface area (Å²) >= 11 is 5.20. The first-order chi connectivity index (χ1) is 8.16. The smallest absolute Gasteiger partial charge is 0.222 e. The Kier molecular flexibility index (Phi) is 3.96. The van der Waals surface area contributed by atoms with Gasteiger partial charge >= 0.3 is 0 Å². The van der Waals surface area contributed by atoms with Crippen LogP contribution in [0.1, 0.15) is 4.88 Å². The van der Waals surface area contributed by atoms with Crippen molar-refractivity contribution in [2.75, 3.05) is 24.2 Å². The van der Waals surface area contributed by atoms with Crippen LogP contribution in [0.3, 0.4) is 0 Å². The summed E-state index contributed by atoms with van der Waals surface area (Å²) in [4.78, 5) is 11.6. The fourth-order valence-corrected chi connectivity index (χ4v) is 2.67. The van der Waals surface area contributed by atoms with Crippen LogP contribution in [-0.2, 0) is 6.42 Å². The third-order valence-electron chi connectivity index (χ3n) is 2.38. The van der Waals surface area contributed by atoms with Crippen molar-refractivity contribution in [3.05, 3.63) is 33.1 Å². The van der Waals surface area contributed by atoms with E-state index in [1.807, 2.05) is 7.05 Å². The molecule has 17 heavy (non-hydrogen) atoms. The number of nitrogens with two attached hydrogens (primary N) is 1. The maximum Gasteiger partial charge on any atom is 0.222 e. The first-order valence-corrected chi connectivity index (χ1v) is 6.85. The summed E-state index contributed by atoms with van der Waals surface area (Å²) in [6.07, 6.45) is 2.68. The standard InChI is InChI=1S/C11H13BrN4S/c1-16(5-4-8-3-2-6-17-8)10-9(12)7-14-11(13)15-10/h2-3,6-7H,4-5H2,1H3,(H2,13,14,15). The van der Waals surface area contributed by atoms with Crippen LogP contribution in [0.2, 0.25) is 0 Å². The molecule has 0 aliphatic carbocycles. The fourth-order valence-electron chi connectivity index (χ4n) is 1.48. The van der Waals surface area contributed by atoms with Crippen LogP contribution in [0.5, 0.6) is 0 Å². The molecule has 6 heteroatoms. The molecule has 0 bridgehead atoms. The first kappa shape index (κ1) is 12.3. The van der Waals surface area contributed by atoms with Gasteiger partial charge in [-0.2, -0.15) is 4.98 Å². The number of nitrogens with zero attached hydrogens (tertiary/aromatic N) is 3. The van der Waals surface area contributed by atoms with E-state index in [1.165, 1.54) is 4.88 Å². The number of thiophene rings is 1. The van der Waals surface area contributed by atoms with Crippen molar-refractivity contribution in [3.63, 3.8) is 0 Å². The molecule has 2 rings (SSSR count). The highest BCUT2D eigenvalue weighted by molar-refractivity contribution is 9.10. The van der Waals surface area contributed by atoms with Gasteiger partial charge in [-0.3, -0.25) is 0 Å². The number of hydrogen-bond donors (Lipinski definition) is 1. The highest BCUT2D eigenvalue weighted by atomic mass is 79.9. The van der Waals surface area contributed by atoms with Gasteiger partial charge in [0.25, 0.3) is 0 Å². The predicted molar refractivity (Wildman–Crippen MR) is 75.4 cm³/mol. The molecule has 0 atom stereocenters. The van der Waals surface area contributed by atoms with Gasteiger partial charge in [-0.15, -0.1) is 11.3 Å². The summed E-state index contributed by atoms with van der Waals surface area (Å²) in [5.41, 5.74) is 5.59. The Morgan fingerprint density at radius 3 is 3.06 bits per heavy atom. The summed E-state index contributed by atoms with van der Waals surface area (Å²) in [6, 6.07) is 4.21. The molecule has 0 amide bonds. The second-order valence-electron chi connectivity index (χ2n) is 3.65. The second-order valence-corrected chi connectivity index (χ2v) is 5.54. The van der Waals surface area contributed by atoms with Crippen molar-refractivity contribution in [2.24, 2.45) is 0 Å². The largest absolute Gasteiger partial charge is 0.368 e. The molecule has 0 aromatic carbocycles. The molecule has 0 unspecified atom stereocenters. The summed E-state index contributed by atoms with van der Waals surface area (Å²) in [5.74, 6) is 1.13. The van der Waals surface area contributed by atoms with Crippen LogP contribution < -0.4 is 10.6 Å². The maximum absolute atomic E-state index is 5.59. The summed E-state index contributed by atoms with van der Waals surface area (Å²) < 4.78 is 0.861. The second kappa shape index (κ2) is 5.46. The zero-order valence-corrected chi connectivity index (χ0v) is 11.8. The number of rotatable bonds is 4. The van der Waals surface area contributed by atoms with E-state index in [1.54, 1.807) is 17.5 Å². The lowest BCUT2D eigenvalue weighted by atomic mass is 10.3. The van der Waals surface area contributed by atoms with Crippen LogP contribution in [0, 0.1) is 0 Å². The van der Waals surface area contributed by atoms with Gasteiger partial charge in [0.2, 0.25) is 5.95 Å². The Balaban J connectivity index is 2.04. The topological polar surface area (TPSA) is 55.0 Å². The van der Waals surface area contributed by atoms with Gasteiger partial charge in [-0.05, 0) is 33.8 Å². The lowest BCUT2D eigenvalue weighted by molar-refractivity contribution is 0.863. The average molecular weight is 313 g/mol. The quantitative estimate of drug-likeness (QED) is 0.942. The van der Waals surface area contributed by atoms with Gasteiger partial charge in [0.15, 0.2) is 0 Å². The molecule has 0 spiro atoms. The normalized spacial score (nSPS) is 10.5. The molecule has 2 N–H and O–H groups in total. The lowest BCUT2D eigenvalue weighted by Crippen LogP contribution is -2.22. The van der Waals surface area contributed by atoms with Crippen LogP contribution >= 0.6 is 27.3 Å². The molecule has 2 heterocycles. The molecule has 4 nitrogen and oxygen atoms in total. The third-order valence-corrected chi connectivity index (χ3v) is 3.88. The van der Waals surface area contributed by atoms with Gasteiger partial charge in [-0.1, -0.05) is 6.07 Å². The van der Waals surface area contributed by atoms with E-state index in [-0.39, 0.29) is 0 Å². The number of aromatic nitrogens is 2. The highest BCUT2D eigenvalue weighted by Crippen LogP contribution is 2.23. The number of nitrogen functional groups attached to an aromatic ring is 1. The van der Waals surface area contributed by atoms with Gasteiger partial charge in [0.05, 0.1) is 4.47 Å². The fraction of sp³-hybridized carbons (Fsp3) is 0.273. The monoisotopic (exact) mass is 312 g/mol. The van der Waals surface area contributed by atoms with Gasteiger partial charge < -0.3 is 10.6 Å². The van der Waals surface area contributed by atoms with Crippen LogP contribution in [0.15, 0.2) is 28.2 Å². The van der Waals surface area contributed by atoms with E-state index in [0.717, 1.165) is 23.3 Å². The van der Waals surface area contributed by atoms with Crippen LogP contribution in [0.25, 0.3) is 0 Å². The molecular formula is C11H13BrN4S. The predicted octanol–water partition coefficient (Wildman–Crippen LogP) is 2.56. The van der Waals surface area contributed by atoms with Crippen molar-refractivity contribution in [1.29, 1.82) is 0 Å². The van der Waals surface area contributed by atoms with E-state index in [0.29, 0.717) is 5.95 Å². The molecule has 0 aliphatic heterocycles. The van der Waals surface area contributed by atoms with E-state index in [2.05, 4.69) is 48.3 Å². The van der Waals surface area contributed by atoms with Crippen molar-refractivity contribution in [3.8, 4) is 0 Å². The van der Waals surface area contributed by atoms with Crippen LogP contribution in [0.4, 0.5) is 11.8 Å². The van der Waals surface area contributed by atoms with Gasteiger partial charge in [0, 0.05) is 24.7 Å². The summed E-state index contributed by atoms with van der Waals surface area (Å²) in [5, 5.41) is 2.09. The van der Waals surface area contributed by atoms with Crippen molar-refractivity contribution in [2.45, 2.75) is 6.42 Å². The maximum atomic E-state index is 5.59. The Hall–Kier alpha value is -1.14. The zero-order valence-electron chi connectivity index (χ0n) is 9.43. The molecule has 2 aromatic heterocycles. The molecule has 0 saturated heterocycles. The minimum Gasteiger partial charge on any atom is -0.368 e. The van der Waals surface area contributed by atoms with Gasteiger partial charge in [0.1, 0.15) is 5.82 Å². The average Bonchev–Trinajstić information content (AvgIpc) is 2.82. The molecule has 0 radical (unpaired) electrons. The van der Waals surface area contributed by atoms with Crippen molar-refractivity contribution in [1.82, 2.24) is 9.97 Å². The Labute approximate surface area is 113 Å². The van der Waals surface area contributed by atoms with Crippen molar-refractivity contribution < 1.29 is 0 Å². The van der Waals surface area contributed by atoms with E-state index < -0.39 is 0 Å². The SMILES string of the molecule is CN(CCc1cccs1)c1nc(N)ncc1Br. The van der Waals surface area contributed by atoms with E-state index >= 15 is 0 Å².